The van der Waals surface area contributed by atoms with Crippen molar-refractivity contribution in [2.45, 2.75) is 25.3 Å². The maximum absolute atomic E-state index is 12.3. The van der Waals surface area contributed by atoms with E-state index in [0.717, 1.165) is 5.56 Å². The van der Waals surface area contributed by atoms with Crippen molar-refractivity contribution >= 4 is 27.3 Å². The Morgan fingerprint density at radius 2 is 2.14 bits per heavy atom. The molecular formula is C14H16N2O4S. The van der Waals surface area contributed by atoms with E-state index in [1.165, 1.54) is 0 Å². The van der Waals surface area contributed by atoms with Crippen molar-refractivity contribution in [3.63, 3.8) is 0 Å². The average Bonchev–Trinajstić information content (AvgIpc) is 2.87. The fraction of sp³-hybridized carbons (Fsp3) is 0.429. The molecule has 2 aliphatic rings. The van der Waals surface area contributed by atoms with Crippen LogP contribution in [0.2, 0.25) is 0 Å². The lowest BCUT2D eigenvalue weighted by Crippen LogP contribution is -2.46. The van der Waals surface area contributed by atoms with E-state index >= 15 is 0 Å². The van der Waals surface area contributed by atoms with E-state index in [4.69, 9.17) is 0 Å². The van der Waals surface area contributed by atoms with Crippen LogP contribution in [-0.4, -0.2) is 37.3 Å². The molecule has 0 saturated carbocycles. The standard InChI is InChI=1S/C14H16N2O4S/c1-14(4-5-21(19,20)8-14)16-13(18)10-3-2-9-7-12(17)15-11(9)6-10/h2-3,6H,4-5,7-8H2,1H3,(H,15,17)(H,16,18). The minimum atomic E-state index is -3.07. The van der Waals surface area contributed by atoms with E-state index in [1.807, 2.05) is 0 Å². The lowest BCUT2D eigenvalue weighted by molar-refractivity contribution is -0.115. The van der Waals surface area contributed by atoms with E-state index in [9.17, 15) is 18.0 Å². The van der Waals surface area contributed by atoms with Gasteiger partial charge in [0.25, 0.3) is 5.91 Å². The summed E-state index contributed by atoms with van der Waals surface area (Å²) in [5, 5.41) is 5.49. The summed E-state index contributed by atoms with van der Waals surface area (Å²) in [6, 6.07) is 5.03. The van der Waals surface area contributed by atoms with Crippen molar-refractivity contribution < 1.29 is 18.0 Å². The number of rotatable bonds is 2. The smallest absolute Gasteiger partial charge is 0.251 e. The number of carbonyl (C=O) groups is 2. The molecule has 0 radical (unpaired) electrons. The summed E-state index contributed by atoms with van der Waals surface area (Å²) in [5.41, 5.74) is 1.21. The summed E-state index contributed by atoms with van der Waals surface area (Å²) >= 11 is 0. The Labute approximate surface area is 122 Å². The fourth-order valence-electron chi connectivity index (χ4n) is 2.81. The van der Waals surface area contributed by atoms with Crippen molar-refractivity contribution in [2.75, 3.05) is 16.8 Å². The third-order valence-corrected chi connectivity index (χ3v) is 5.82. The lowest BCUT2D eigenvalue weighted by atomic mass is 10.0. The number of carbonyl (C=O) groups excluding carboxylic acids is 2. The van der Waals surface area contributed by atoms with Crippen LogP contribution in [0.1, 0.15) is 29.3 Å². The van der Waals surface area contributed by atoms with E-state index in [0.29, 0.717) is 24.1 Å². The molecule has 1 aromatic rings. The van der Waals surface area contributed by atoms with Crippen LogP contribution in [0.3, 0.4) is 0 Å². The minimum Gasteiger partial charge on any atom is -0.346 e. The average molecular weight is 308 g/mol. The van der Waals surface area contributed by atoms with Gasteiger partial charge in [0.1, 0.15) is 0 Å². The highest BCUT2D eigenvalue weighted by Crippen LogP contribution is 2.26. The molecule has 7 heteroatoms. The quantitative estimate of drug-likeness (QED) is 0.831. The molecule has 0 bridgehead atoms. The number of sulfone groups is 1. The first-order valence-corrected chi connectivity index (χ1v) is 8.54. The molecule has 112 valence electrons. The molecule has 2 N–H and O–H groups in total. The van der Waals surface area contributed by atoms with Gasteiger partial charge < -0.3 is 10.6 Å². The first-order valence-electron chi connectivity index (χ1n) is 6.72. The maximum Gasteiger partial charge on any atom is 0.251 e. The summed E-state index contributed by atoms with van der Waals surface area (Å²) in [7, 11) is -3.07. The Balaban J connectivity index is 1.78. The number of amides is 2. The molecule has 1 fully saturated rings. The summed E-state index contributed by atoms with van der Waals surface area (Å²) in [4.78, 5) is 23.6. The Morgan fingerprint density at radius 1 is 1.38 bits per heavy atom. The SMILES string of the molecule is CC1(NC(=O)c2ccc3c(c2)NC(=O)C3)CCS(=O)(=O)C1. The molecule has 1 atom stereocenters. The number of nitrogens with one attached hydrogen (secondary N) is 2. The first-order chi connectivity index (χ1) is 9.76. The Morgan fingerprint density at radius 3 is 2.81 bits per heavy atom. The van der Waals surface area contributed by atoms with Gasteiger partial charge in [0.2, 0.25) is 5.91 Å². The molecule has 2 aliphatic heterocycles. The van der Waals surface area contributed by atoms with E-state index in [2.05, 4.69) is 10.6 Å². The van der Waals surface area contributed by atoms with Gasteiger partial charge in [-0.05, 0) is 31.0 Å². The number of hydrogen-bond acceptors (Lipinski definition) is 4. The summed E-state index contributed by atoms with van der Waals surface area (Å²) in [5.74, 6) is -0.341. The fourth-order valence-corrected chi connectivity index (χ4v) is 4.90. The molecule has 21 heavy (non-hydrogen) atoms. The van der Waals surface area contributed by atoms with Crippen molar-refractivity contribution in [3.05, 3.63) is 29.3 Å². The molecular weight excluding hydrogens is 292 g/mol. The van der Waals surface area contributed by atoms with E-state index in [-0.39, 0.29) is 23.3 Å². The van der Waals surface area contributed by atoms with Crippen LogP contribution < -0.4 is 10.6 Å². The molecule has 1 saturated heterocycles. The van der Waals surface area contributed by atoms with Gasteiger partial charge in [0.15, 0.2) is 9.84 Å². The van der Waals surface area contributed by atoms with E-state index in [1.54, 1.807) is 25.1 Å². The summed E-state index contributed by atoms with van der Waals surface area (Å²) in [6.07, 6.45) is 0.746. The molecule has 1 unspecified atom stereocenters. The first kappa shape index (κ1) is 14.1. The molecule has 0 aromatic heterocycles. The zero-order chi connectivity index (χ0) is 15.3. The van der Waals surface area contributed by atoms with Crippen molar-refractivity contribution in [2.24, 2.45) is 0 Å². The highest BCUT2D eigenvalue weighted by Gasteiger charge is 2.39. The lowest BCUT2D eigenvalue weighted by Gasteiger charge is -2.24. The van der Waals surface area contributed by atoms with Crippen molar-refractivity contribution in [1.82, 2.24) is 5.32 Å². The van der Waals surface area contributed by atoms with Gasteiger partial charge in [-0.15, -0.1) is 0 Å². The predicted molar refractivity (Wildman–Crippen MR) is 77.9 cm³/mol. The van der Waals surface area contributed by atoms with Gasteiger partial charge in [0, 0.05) is 11.3 Å². The zero-order valence-corrected chi connectivity index (χ0v) is 12.4. The largest absolute Gasteiger partial charge is 0.346 e. The van der Waals surface area contributed by atoms with Gasteiger partial charge in [0.05, 0.1) is 23.5 Å². The number of benzene rings is 1. The van der Waals surface area contributed by atoms with Gasteiger partial charge in [-0.2, -0.15) is 0 Å². The normalized spacial score (nSPS) is 26.2. The highest BCUT2D eigenvalue weighted by molar-refractivity contribution is 7.91. The predicted octanol–water partition coefficient (Wildman–Crippen LogP) is 0.488. The van der Waals surface area contributed by atoms with Crippen LogP contribution in [0.4, 0.5) is 5.69 Å². The molecule has 0 aliphatic carbocycles. The van der Waals surface area contributed by atoms with Crippen molar-refractivity contribution in [3.8, 4) is 0 Å². The number of fused-ring (bicyclic) bond motifs is 1. The Bertz CT molecular complexity index is 741. The molecule has 2 heterocycles. The van der Waals surface area contributed by atoms with Gasteiger partial charge >= 0.3 is 0 Å². The molecule has 3 rings (SSSR count). The molecule has 1 aromatic carbocycles. The highest BCUT2D eigenvalue weighted by atomic mass is 32.2. The van der Waals surface area contributed by atoms with E-state index < -0.39 is 15.4 Å². The zero-order valence-electron chi connectivity index (χ0n) is 11.6. The molecule has 6 nitrogen and oxygen atoms in total. The number of anilines is 1. The van der Waals surface area contributed by atoms with Crippen LogP contribution >= 0.6 is 0 Å². The van der Waals surface area contributed by atoms with Gasteiger partial charge in [-0.1, -0.05) is 6.07 Å². The van der Waals surface area contributed by atoms with Crippen LogP contribution in [-0.2, 0) is 21.1 Å². The Kier molecular flexibility index (Phi) is 3.05. The van der Waals surface area contributed by atoms with Gasteiger partial charge in [-0.3, -0.25) is 9.59 Å². The third kappa shape index (κ3) is 2.78. The number of hydrogen-bond donors (Lipinski definition) is 2. The van der Waals surface area contributed by atoms with Crippen molar-refractivity contribution in [1.29, 1.82) is 0 Å². The molecule has 0 spiro atoms. The van der Waals surface area contributed by atoms with Crippen LogP contribution in [0, 0.1) is 0 Å². The second-order valence-corrected chi connectivity index (χ2v) is 8.14. The van der Waals surface area contributed by atoms with Crippen LogP contribution in [0.5, 0.6) is 0 Å². The summed E-state index contributed by atoms with van der Waals surface area (Å²) in [6.45, 7) is 1.74. The third-order valence-electron chi connectivity index (χ3n) is 3.92. The second kappa shape index (κ2) is 4.56. The van der Waals surface area contributed by atoms with Gasteiger partial charge in [-0.25, -0.2) is 8.42 Å². The molecule has 2 amide bonds. The topological polar surface area (TPSA) is 92.3 Å². The summed E-state index contributed by atoms with van der Waals surface area (Å²) < 4.78 is 23.1. The Hall–Kier alpha value is -1.89. The van der Waals surface area contributed by atoms with Crippen LogP contribution in [0.25, 0.3) is 0 Å². The second-order valence-electron chi connectivity index (χ2n) is 5.95. The minimum absolute atomic E-state index is 0.0343. The maximum atomic E-state index is 12.3. The van der Waals surface area contributed by atoms with Crippen LogP contribution in [0.15, 0.2) is 18.2 Å². The monoisotopic (exact) mass is 308 g/mol.